The number of nitrogens with zero attached hydrogens (tertiary/aromatic N) is 2. The molecule has 0 saturated carbocycles. The molecule has 4 nitrogen and oxygen atoms in total. The molecule has 1 unspecified atom stereocenters. The zero-order chi connectivity index (χ0) is 19.6. The Hall–Kier alpha value is -3.79. The molecule has 138 valence electrons. The average molecular weight is 376 g/mol. The summed E-state index contributed by atoms with van der Waals surface area (Å²) in [6, 6.07) is 12.6. The molecule has 29 heavy (non-hydrogen) atoms. The zero-order valence-corrected chi connectivity index (χ0v) is 15.5. The second-order valence-corrected chi connectivity index (χ2v) is 7.61. The van der Waals surface area contributed by atoms with Crippen LogP contribution in [0.15, 0.2) is 73.2 Å². The number of aromatic nitrogens is 2. The second kappa shape index (κ2) is 5.61. The minimum Gasteiger partial charge on any atom is -0.480 e. The summed E-state index contributed by atoms with van der Waals surface area (Å²) in [4.78, 5) is 20.6. The lowest BCUT2D eigenvalue weighted by Gasteiger charge is -2.33. The Labute approximate surface area is 166 Å². The van der Waals surface area contributed by atoms with E-state index in [2.05, 4.69) is 46.4 Å². The number of rotatable bonds is 1. The molecule has 4 heteroatoms. The Morgan fingerprint density at radius 1 is 1.00 bits per heavy atom. The van der Waals surface area contributed by atoms with Gasteiger partial charge in [-0.05, 0) is 56.8 Å². The molecule has 0 saturated heterocycles. The first-order valence-electron chi connectivity index (χ1n) is 9.58. The molecule has 1 heterocycles. The van der Waals surface area contributed by atoms with Crippen LogP contribution < -0.4 is 0 Å². The first-order chi connectivity index (χ1) is 14.2. The number of carbonyl (C=O) groups is 1. The van der Waals surface area contributed by atoms with Gasteiger partial charge in [0.2, 0.25) is 0 Å². The van der Waals surface area contributed by atoms with Gasteiger partial charge in [-0.1, -0.05) is 54.6 Å². The molecular formula is C25H16N2O2. The van der Waals surface area contributed by atoms with Crippen molar-refractivity contribution < 1.29 is 9.90 Å². The molecule has 0 bridgehead atoms. The molecule has 6 rings (SSSR count). The number of hydrogen-bond acceptors (Lipinski definition) is 3. The third kappa shape index (κ3) is 2.11. The van der Waals surface area contributed by atoms with E-state index in [4.69, 9.17) is 0 Å². The predicted octanol–water partition coefficient (Wildman–Crippen LogP) is 5.38. The standard InChI is InChI=1S/C25H16N2O2/c28-24(29)25-9-2-1-3-22(25)20-7-6-18-17(19(20)8-10-25)5-4-15-12-23-16(11-21(15)18)13-26-14-27-23/h2-14H,1H2,(H,28,29). The summed E-state index contributed by atoms with van der Waals surface area (Å²) in [7, 11) is 0. The number of carboxylic acids is 1. The molecule has 0 fully saturated rings. The molecule has 0 radical (unpaired) electrons. The number of aliphatic carboxylic acids is 1. The van der Waals surface area contributed by atoms with Gasteiger partial charge < -0.3 is 5.11 Å². The van der Waals surface area contributed by atoms with E-state index in [0.717, 1.165) is 55.6 Å². The van der Waals surface area contributed by atoms with Gasteiger partial charge in [0.1, 0.15) is 11.7 Å². The van der Waals surface area contributed by atoms with Gasteiger partial charge in [0.05, 0.1) is 5.52 Å². The molecule has 2 aliphatic rings. The third-order valence-electron chi connectivity index (χ3n) is 6.12. The Morgan fingerprint density at radius 2 is 1.90 bits per heavy atom. The summed E-state index contributed by atoms with van der Waals surface area (Å²) >= 11 is 0. The van der Waals surface area contributed by atoms with Gasteiger partial charge in [0.15, 0.2) is 0 Å². The van der Waals surface area contributed by atoms with Crippen LogP contribution in [0.4, 0.5) is 0 Å². The second-order valence-electron chi connectivity index (χ2n) is 7.61. The molecule has 0 aliphatic heterocycles. The first-order valence-corrected chi connectivity index (χ1v) is 9.58. The highest BCUT2D eigenvalue weighted by molar-refractivity contribution is 6.15. The fraction of sp³-hybridized carbons (Fsp3) is 0.0800. The summed E-state index contributed by atoms with van der Waals surface area (Å²) in [5, 5.41) is 15.5. The highest BCUT2D eigenvalue weighted by Gasteiger charge is 2.41. The zero-order valence-electron chi connectivity index (χ0n) is 15.5. The van der Waals surface area contributed by atoms with Crippen molar-refractivity contribution in [3.63, 3.8) is 0 Å². The maximum Gasteiger partial charge on any atom is 0.321 e. The van der Waals surface area contributed by atoms with Crippen molar-refractivity contribution in [3.05, 3.63) is 84.4 Å². The van der Waals surface area contributed by atoms with Gasteiger partial charge >= 0.3 is 5.97 Å². The van der Waals surface area contributed by atoms with Crippen LogP contribution in [0.5, 0.6) is 0 Å². The van der Waals surface area contributed by atoms with Gasteiger partial charge in [0.25, 0.3) is 0 Å². The lowest BCUT2D eigenvalue weighted by Crippen LogP contribution is -2.31. The Kier molecular flexibility index (Phi) is 3.13. The van der Waals surface area contributed by atoms with Gasteiger partial charge in [-0.25, -0.2) is 9.97 Å². The molecular weight excluding hydrogens is 360 g/mol. The lowest BCUT2D eigenvalue weighted by atomic mass is 9.69. The molecule has 0 spiro atoms. The third-order valence-corrected chi connectivity index (χ3v) is 6.12. The normalized spacial score (nSPS) is 19.9. The van der Waals surface area contributed by atoms with Crippen molar-refractivity contribution in [2.24, 2.45) is 5.41 Å². The van der Waals surface area contributed by atoms with E-state index in [1.54, 1.807) is 12.4 Å². The van der Waals surface area contributed by atoms with Crippen molar-refractivity contribution in [1.82, 2.24) is 9.97 Å². The Morgan fingerprint density at radius 3 is 2.79 bits per heavy atom. The highest BCUT2D eigenvalue weighted by Crippen LogP contribution is 2.48. The average Bonchev–Trinajstić information content (AvgIpc) is 2.76. The topological polar surface area (TPSA) is 63.1 Å². The SMILES string of the molecule is O=C(O)C12C=CCC=C1c1ccc3c(ccc4cc5ncncc5cc43)c1C=C2. The summed E-state index contributed by atoms with van der Waals surface area (Å²) in [5.41, 5.74) is 2.79. The first kappa shape index (κ1) is 16.2. The van der Waals surface area contributed by atoms with Crippen LogP contribution in [0.25, 0.3) is 44.1 Å². The molecule has 2 aliphatic carbocycles. The van der Waals surface area contributed by atoms with Gasteiger partial charge in [-0.2, -0.15) is 0 Å². The summed E-state index contributed by atoms with van der Waals surface area (Å²) in [6.45, 7) is 0. The monoisotopic (exact) mass is 376 g/mol. The minimum absolute atomic E-state index is 0.749. The fourth-order valence-electron chi connectivity index (χ4n) is 4.70. The highest BCUT2D eigenvalue weighted by atomic mass is 16.4. The summed E-state index contributed by atoms with van der Waals surface area (Å²) in [5.74, 6) is -0.841. The van der Waals surface area contributed by atoms with E-state index >= 15 is 0 Å². The molecule has 0 amide bonds. The fourth-order valence-corrected chi connectivity index (χ4v) is 4.70. The van der Waals surface area contributed by atoms with E-state index in [0.29, 0.717) is 0 Å². The number of allylic oxidation sites excluding steroid dienone is 2. The van der Waals surface area contributed by atoms with Crippen LogP contribution in [0, 0.1) is 5.41 Å². The number of hydrogen-bond donors (Lipinski definition) is 1. The van der Waals surface area contributed by atoms with Crippen LogP contribution in [0.3, 0.4) is 0 Å². The van der Waals surface area contributed by atoms with Crippen LogP contribution in [0.1, 0.15) is 17.5 Å². The molecule has 1 aromatic heterocycles. The minimum atomic E-state index is -1.07. The maximum atomic E-state index is 12.1. The van der Waals surface area contributed by atoms with Gasteiger partial charge in [-0.15, -0.1) is 0 Å². The quantitative estimate of drug-likeness (QED) is 0.275. The van der Waals surface area contributed by atoms with Crippen molar-refractivity contribution in [1.29, 1.82) is 0 Å². The molecule has 1 N–H and O–H groups in total. The predicted molar refractivity (Wildman–Crippen MR) is 115 cm³/mol. The maximum absolute atomic E-state index is 12.1. The van der Waals surface area contributed by atoms with E-state index in [9.17, 15) is 9.90 Å². The smallest absolute Gasteiger partial charge is 0.321 e. The summed E-state index contributed by atoms with van der Waals surface area (Å²) in [6.07, 6.45) is 13.7. The largest absolute Gasteiger partial charge is 0.480 e. The Bertz CT molecular complexity index is 1460. The molecule has 1 atom stereocenters. The van der Waals surface area contributed by atoms with Crippen molar-refractivity contribution >= 4 is 50.1 Å². The van der Waals surface area contributed by atoms with Crippen molar-refractivity contribution in [3.8, 4) is 0 Å². The van der Waals surface area contributed by atoms with Crippen LogP contribution in [-0.4, -0.2) is 21.0 Å². The Balaban J connectivity index is 1.67. The molecule has 4 aromatic rings. The van der Waals surface area contributed by atoms with E-state index in [1.165, 1.54) is 0 Å². The van der Waals surface area contributed by atoms with Crippen molar-refractivity contribution in [2.75, 3.05) is 0 Å². The number of carboxylic acid groups (broad SMARTS) is 1. The van der Waals surface area contributed by atoms with Gasteiger partial charge in [0, 0.05) is 11.6 Å². The molecule has 3 aromatic carbocycles. The van der Waals surface area contributed by atoms with Gasteiger partial charge in [-0.3, -0.25) is 4.79 Å². The summed E-state index contributed by atoms with van der Waals surface area (Å²) < 4.78 is 0. The van der Waals surface area contributed by atoms with Crippen LogP contribution in [0.2, 0.25) is 0 Å². The lowest BCUT2D eigenvalue weighted by molar-refractivity contribution is -0.141. The number of benzene rings is 3. The van der Waals surface area contributed by atoms with E-state index in [1.807, 2.05) is 30.5 Å². The van der Waals surface area contributed by atoms with E-state index < -0.39 is 11.4 Å². The van der Waals surface area contributed by atoms with Crippen molar-refractivity contribution in [2.45, 2.75) is 6.42 Å². The van der Waals surface area contributed by atoms with Crippen LogP contribution in [-0.2, 0) is 4.79 Å². The number of fused-ring (bicyclic) bond motifs is 8. The van der Waals surface area contributed by atoms with Crippen LogP contribution >= 0.6 is 0 Å². The van der Waals surface area contributed by atoms with E-state index in [-0.39, 0.29) is 0 Å².